The average Bonchev–Trinajstić information content (AvgIpc) is 3.16. The van der Waals surface area contributed by atoms with Crippen LogP contribution in [0.5, 0.6) is 0 Å². The minimum atomic E-state index is -0.878. The van der Waals surface area contributed by atoms with E-state index in [-0.39, 0.29) is 11.8 Å². The van der Waals surface area contributed by atoms with Crippen molar-refractivity contribution in [3.8, 4) is 0 Å². The lowest BCUT2D eigenvalue weighted by molar-refractivity contribution is -0.152. The van der Waals surface area contributed by atoms with Crippen LogP contribution < -0.4 is 5.32 Å². The lowest BCUT2D eigenvalue weighted by atomic mass is 9.82. The molecule has 0 aromatic heterocycles. The molecule has 7 nitrogen and oxygen atoms in total. The first-order valence-corrected chi connectivity index (χ1v) is 9.60. The molecule has 3 rings (SSSR count). The van der Waals surface area contributed by atoms with E-state index in [4.69, 9.17) is 4.74 Å². The molecule has 1 atom stereocenters. The SMILES string of the molecule is CCN1CCCC1CNC(=O)C1=C(C)C(=O)OC12CCN(C(C)=O)CC2. The van der Waals surface area contributed by atoms with Crippen molar-refractivity contribution in [1.82, 2.24) is 15.1 Å². The third-order valence-electron chi connectivity index (χ3n) is 6.07. The van der Waals surface area contributed by atoms with Gasteiger partial charge in [-0.1, -0.05) is 6.92 Å². The largest absolute Gasteiger partial charge is 0.450 e. The summed E-state index contributed by atoms with van der Waals surface area (Å²) >= 11 is 0. The summed E-state index contributed by atoms with van der Waals surface area (Å²) in [7, 11) is 0. The number of carbonyl (C=O) groups is 3. The van der Waals surface area contributed by atoms with Crippen molar-refractivity contribution in [3.05, 3.63) is 11.1 Å². The quantitative estimate of drug-likeness (QED) is 0.749. The van der Waals surface area contributed by atoms with Crippen LogP contribution in [0.25, 0.3) is 0 Å². The summed E-state index contributed by atoms with van der Waals surface area (Å²) in [4.78, 5) is 40.8. The molecular formula is C19H29N3O4. The van der Waals surface area contributed by atoms with Gasteiger partial charge >= 0.3 is 5.97 Å². The highest BCUT2D eigenvalue weighted by molar-refractivity contribution is 6.07. The summed E-state index contributed by atoms with van der Waals surface area (Å²) < 4.78 is 5.66. The molecule has 1 unspecified atom stereocenters. The highest BCUT2D eigenvalue weighted by Crippen LogP contribution is 2.41. The maximum atomic E-state index is 12.9. The van der Waals surface area contributed by atoms with E-state index in [2.05, 4.69) is 17.1 Å². The minimum absolute atomic E-state index is 0.0109. The number of likely N-dealkylation sites (tertiary alicyclic amines) is 2. The van der Waals surface area contributed by atoms with Gasteiger partial charge in [-0.2, -0.15) is 0 Å². The number of nitrogens with zero attached hydrogens (tertiary/aromatic N) is 2. The van der Waals surface area contributed by atoms with Crippen LogP contribution in [0.3, 0.4) is 0 Å². The molecule has 2 saturated heterocycles. The number of piperidine rings is 1. The first-order valence-electron chi connectivity index (χ1n) is 9.60. The van der Waals surface area contributed by atoms with E-state index in [0.717, 1.165) is 25.9 Å². The van der Waals surface area contributed by atoms with Crippen LogP contribution in [0.4, 0.5) is 0 Å². The summed E-state index contributed by atoms with van der Waals surface area (Å²) in [5.74, 6) is -0.605. The Balaban J connectivity index is 1.70. The maximum Gasteiger partial charge on any atom is 0.335 e. The van der Waals surface area contributed by atoms with E-state index in [1.807, 2.05) is 0 Å². The van der Waals surface area contributed by atoms with Gasteiger partial charge in [-0.15, -0.1) is 0 Å². The Morgan fingerprint density at radius 1 is 1.27 bits per heavy atom. The smallest absolute Gasteiger partial charge is 0.335 e. The lowest BCUT2D eigenvalue weighted by Gasteiger charge is -2.39. The summed E-state index contributed by atoms with van der Waals surface area (Å²) in [5.41, 5.74) is -0.0126. The first-order chi connectivity index (χ1) is 12.4. The normalized spacial score (nSPS) is 25.7. The van der Waals surface area contributed by atoms with Gasteiger partial charge in [-0.25, -0.2) is 4.79 Å². The highest BCUT2D eigenvalue weighted by atomic mass is 16.6. The molecule has 0 radical (unpaired) electrons. The van der Waals surface area contributed by atoms with Gasteiger partial charge in [-0.3, -0.25) is 14.5 Å². The van der Waals surface area contributed by atoms with Gasteiger partial charge in [0, 0.05) is 51.0 Å². The number of amides is 2. The number of hydrogen-bond acceptors (Lipinski definition) is 5. The first kappa shape index (κ1) is 18.9. The molecule has 3 aliphatic heterocycles. The Bertz CT molecular complexity index is 635. The molecule has 3 heterocycles. The number of ether oxygens (including phenoxy) is 1. The van der Waals surface area contributed by atoms with E-state index >= 15 is 0 Å². The van der Waals surface area contributed by atoms with Gasteiger partial charge in [0.1, 0.15) is 5.60 Å². The zero-order valence-corrected chi connectivity index (χ0v) is 16.0. The monoisotopic (exact) mass is 363 g/mol. The van der Waals surface area contributed by atoms with Crippen LogP contribution in [0.2, 0.25) is 0 Å². The number of rotatable bonds is 4. The van der Waals surface area contributed by atoms with Crippen LogP contribution in [0.1, 0.15) is 46.5 Å². The van der Waals surface area contributed by atoms with Crippen LogP contribution in [-0.2, 0) is 19.1 Å². The van der Waals surface area contributed by atoms with Gasteiger partial charge in [0.15, 0.2) is 0 Å². The summed E-state index contributed by atoms with van der Waals surface area (Å²) in [5, 5.41) is 3.04. The summed E-state index contributed by atoms with van der Waals surface area (Å²) in [6.07, 6.45) is 3.19. The molecule has 7 heteroatoms. The topological polar surface area (TPSA) is 79.0 Å². The fourth-order valence-corrected chi connectivity index (χ4v) is 4.50. The van der Waals surface area contributed by atoms with Crippen molar-refractivity contribution < 1.29 is 19.1 Å². The van der Waals surface area contributed by atoms with E-state index in [1.165, 1.54) is 6.92 Å². The minimum Gasteiger partial charge on any atom is -0.450 e. The second-order valence-corrected chi connectivity index (χ2v) is 7.52. The van der Waals surface area contributed by atoms with Crippen LogP contribution in [-0.4, -0.2) is 72.0 Å². The molecule has 26 heavy (non-hydrogen) atoms. The molecular weight excluding hydrogens is 334 g/mol. The molecule has 3 aliphatic rings. The number of carbonyl (C=O) groups excluding carboxylic acids is 3. The Kier molecular flexibility index (Phi) is 5.37. The van der Waals surface area contributed by atoms with Crippen molar-refractivity contribution in [2.75, 3.05) is 32.7 Å². The van der Waals surface area contributed by atoms with Crippen molar-refractivity contribution >= 4 is 17.8 Å². The van der Waals surface area contributed by atoms with Crippen molar-refractivity contribution in [2.45, 2.75) is 58.1 Å². The van der Waals surface area contributed by atoms with E-state index in [1.54, 1.807) is 11.8 Å². The Morgan fingerprint density at radius 2 is 1.96 bits per heavy atom. The van der Waals surface area contributed by atoms with E-state index in [0.29, 0.717) is 49.7 Å². The number of esters is 1. The predicted octanol–water partition coefficient (Wildman–Crippen LogP) is 0.841. The molecule has 1 spiro atoms. The Hall–Kier alpha value is -1.89. The third kappa shape index (κ3) is 3.37. The van der Waals surface area contributed by atoms with Crippen molar-refractivity contribution in [2.24, 2.45) is 0 Å². The fourth-order valence-electron chi connectivity index (χ4n) is 4.50. The average molecular weight is 363 g/mol. The number of hydrogen-bond donors (Lipinski definition) is 1. The van der Waals surface area contributed by atoms with Gasteiger partial charge in [0.2, 0.25) is 5.91 Å². The Labute approximate surface area is 154 Å². The molecule has 0 bridgehead atoms. The number of nitrogens with one attached hydrogen (secondary N) is 1. The van der Waals surface area contributed by atoms with Crippen LogP contribution in [0, 0.1) is 0 Å². The molecule has 2 amide bonds. The van der Waals surface area contributed by atoms with E-state index < -0.39 is 11.6 Å². The zero-order valence-electron chi connectivity index (χ0n) is 16.0. The van der Waals surface area contributed by atoms with Gasteiger partial charge in [0.25, 0.3) is 5.91 Å². The molecule has 1 N–H and O–H groups in total. The second kappa shape index (κ2) is 7.39. The Morgan fingerprint density at radius 3 is 2.58 bits per heavy atom. The molecule has 0 aromatic carbocycles. The van der Waals surface area contributed by atoms with Crippen molar-refractivity contribution in [1.29, 1.82) is 0 Å². The third-order valence-corrected chi connectivity index (χ3v) is 6.07. The molecule has 2 fully saturated rings. The second-order valence-electron chi connectivity index (χ2n) is 7.52. The summed E-state index contributed by atoms with van der Waals surface area (Å²) in [6.45, 7) is 8.98. The highest BCUT2D eigenvalue weighted by Gasteiger charge is 2.51. The van der Waals surface area contributed by atoms with E-state index in [9.17, 15) is 14.4 Å². The van der Waals surface area contributed by atoms with Gasteiger partial charge < -0.3 is 15.0 Å². The number of likely N-dealkylation sites (N-methyl/N-ethyl adjacent to an activating group) is 1. The molecule has 0 aromatic rings. The molecule has 0 saturated carbocycles. The summed E-state index contributed by atoms with van der Waals surface area (Å²) in [6, 6.07) is 0.360. The molecule has 0 aliphatic carbocycles. The standard InChI is InChI=1S/C19H29N3O4/c1-4-21-9-5-6-15(21)12-20-17(24)16-13(2)18(25)26-19(16)7-10-22(11-8-19)14(3)23/h15H,4-12H2,1-3H3,(H,20,24). The van der Waals surface area contributed by atoms with Crippen LogP contribution >= 0.6 is 0 Å². The maximum absolute atomic E-state index is 12.9. The van der Waals surface area contributed by atoms with Crippen LogP contribution in [0.15, 0.2) is 11.1 Å². The predicted molar refractivity (Wildman–Crippen MR) is 96.3 cm³/mol. The lowest BCUT2D eigenvalue weighted by Crippen LogP contribution is -2.50. The van der Waals surface area contributed by atoms with Gasteiger partial charge in [-0.05, 0) is 32.9 Å². The van der Waals surface area contributed by atoms with Crippen molar-refractivity contribution in [3.63, 3.8) is 0 Å². The molecule has 144 valence electrons. The zero-order chi connectivity index (χ0) is 18.9. The fraction of sp³-hybridized carbons (Fsp3) is 0.737. The van der Waals surface area contributed by atoms with Gasteiger partial charge in [0.05, 0.1) is 5.57 Å².